The van der Waals surface area contributed by atoms with Crippen LogP contribution >= 0.6 is 0 Å². The fourth-order valence-electron chi connectivity index (χ4n) is 1.59. The van der Waals surface area contributed by atoms with Gasteiger partial charge < -0.3 is 4.98 Å². The molecule has 5 nitrogen and oxygen atoms in total. The summed E-state index contributed by atoms with van der Waals surface area (Å²) in [6, 6.07) is 1.76. The molecule has 0 spiro atoms. The van der Waals surface area contributed by atoms with Crippen LogP contribution in [0.4, 0.5) is 0 Å². The predicted octanol–water partition coefficient (Wildman–Crippen LogP) is 0.937. The molecule has 0 saturated carbocycles. The summed E-state index contributed by atoms with van der Waals surface area (Å²) < 4.78 is 0. The Morgan fingerprint density at radius 3 is 3.07 bits per heavy atom. The molecular weight excluding hydrogens is 190 g/mol. The van der Waals surface area contributed by atoms with E-state index in [4.69, 9.17) is 5.41 Å². The molecule has 0 atom stereocenters. The molecule has 3 rings (SSSR count). The van der Waals surface area contributed by atoms with Crippen molar-refractivity contribution in [2.75, 3.05) is 0 Å². The Bertz CT molecular complexity index is 657. The molecule has 2 aliphatic heterocycles. The fraction of sp³-hybridized carbons (Fsp3) is 0. The maximum absolute atomic E-state index is 7.42. The molecule has 0 amide bonds. The number of H-pyrrole nitrogens is 1. The van der Waals surface area contributed by atoms with Crippen LogP contribution < -0.4 is 5.62 Å². The maximum atomic E-state index is 7.42. The molecule has 3 heterocycles. The van der Waals surface area contributed by atoms with Crippen LogP contribution in [0, 0.1) is 5.41 Å². The van der Waals surface area contributed by atoms with Gasteiger partial charge in [0.2, 0.25) is 5.62 Å². The molecule has 2 aliphatic rings. The maximum Gasteiger partial charge on any atom is 0.243 e. The monoisotopic (exact) mass is 197 g/mol. The molecule has 0 aromatic carbocycles. The van der Waals surface area contributed by atoms with Crippen molar-refractivity contribution in [3.8, 4) is 11.4 Å². The quantitative estimate of drug-likeness (QED) is 0.562. The Balaban J connectivity index is 2.59. The topological polar surface area (TPSA) is 78.3 Å². The Hall–Kier alpha value is -2.30. The Morgan fingerprint density at radius 2 is 2.13 bits per heavy atom. The van der Waals surface area contributed by atoms with Crippen LogP contribution in [0.3, 0.4) is 0 Å². The van der Waals surface area contributed by atoms with Gasteiger partial charge in [0.15, 0.2) is 0 Å². The summed E-state index contributed by atoms with van der Waals surface area (Å²) in [6.07, 6.45) is 7.10. The summed E-state index contributed by atoms with van der Waals surface area (Å²) in [5, 5.41) is 9.31. The number of aromatic amines is 1. The lowest BCUT2D eigenvalue weighted by molar-refractivity contribution is 1.05. The van der Waals surface area contributed by atoms with Gasteiger partial charge in [-0.3, -0.25) is 10.4 Å². The van der Waals surface area contributed by atoms with Gasteiger partial charge in [-0.15, -0.1) is 0 Å². The van der Waals surface area contributed by atoms with Crippen LogP contribution in [0.5, 0.6) is 0 Å². The van der Waals surface area contributed by atoms with Crippen LogP contribution in [0.2, 0.25) is 0 Å². The summed E-state index contributed by atoms with van der Waals surface area (Å²) in [6.45, 7) is 0. The third-order valence-corrected chi connectivity index (χ3v) is 2.25. The molecule has 0 fully saturated rings. The first-order valence-electron chi connectivity index (χ1n) is 4.48. The van der Waals surface area contributed by atoms with Gasteiger partial charge in [-0.1, -0.05) is 0 Å². The third kappa shape index (κ3) is 1.17. The van der Waals surface area contributed by atoms with E-state index in [-0.39, 0.29) is 5.62 Å². The second kappa shape index (κ2) is 2.84. The lowest BCUT2D eigenvalue weighted by Crippen LogP contribution is -1.99. The molecule has 5 heteroatoms. The van der Waals surface area contributed by atoms with Gasteiger partial charge in [0.25, 0.3) is 0 Å². The van der Waals surface area contributed by atoms with Gasteiger partial charge in [0.05, 0.1) is 5.69 Å². The van der Waals surface area contributed by atoms with Crippen LogP contribution in [0.1, 0.15) is 0 Å². The number of imidazole rings is 1. The molecule has 0 unspecified atom stereocenters. The van der Waals surface area contributed by atoms with Crippen molar-refractivity contribution in [1.82, 2.24) is 19.9 Å². The lowest BCUT2D eigenvalue weighted by atomic mass is 10.2. The molecule has 15 heavy (non-hydrogen) atoms. The van der Waals surface area contributed by atoms with E-state index in [2.05, 4.69) is 19.9 Å². The van der Waals surface area contributed by atoms with Crippen molar-refractivity contribution in [1.29, 1.82) is 5.41 Å². The molecule has 2 N–H and O–H groups in total. The van der Waals surface area contributed by atoms with Gasteiger partial charge in [-0.05, 0) is 6.07 Å². The average Bonchev–Trinajstić information content (AvgIpc) is 2.76. The summed E-state index contributed by atoms with van der Waals surface area (Å²) in [4.78, 5) is 15.2. The molecule has 0 radical (unpaired) electrons. The van der Waals surface area contributed by atoms with Crippen LogP contribution in [-0.2, 0) is 0 Å². The van der Waals surface area contributed by atoms with E-state index in [1.807, 2.05) is 12.4 Å². The van der Waals surface area contributed by atoms with E-state index >= 15 is 0 Å². The lowest BCUT2D eigenvalue weighted by Gasteiger charge is -1.91. The molecule has 0 bridgehead atoms. The second-order valence-electron chi connectivity index (χ2n) is 3.20. The normalized spacial score (nSPS) is 10.9. The van der Waals surface area contributed by atoms with E-state index in [0.717, 1.165) is 16.5 Å². The first kappa shape index (κ1) is 8.05. The number of fused-ring (bicyclic) bond motifs is 3. The number of aromatic nitrogens is 4. The van der Waals surface area contributed by atoms with Gasteiger partial charge in [0.1, 0.15) is 5.69 Å². The van der Waals surface area contributed by atoms with E-state index in [1.54, 1.807) is 18.5 Å². The minimum Gasteiger partial charge on any atom is -0.366 e. The van der Waals surface area contributed by atoms with Crippen LogP contribution in [0.15, 0.2) is 30.9 Å². The summed E-state index contributed by atoms with van der Waals surface area (Å²) >= 11 is 0. The zero-order valence-corrected chi connectivity index (χ0v) is 7.73. The number of hydrogen-bond donors (Lipinski definition) is 2. The van der Waals surface area contributed by atoms with Gasteiger partial charge in [-0.25, -0.2) is 9.97 Å². The molecule has 1 aromatic rings. The molecule has 0 aliphatic carbocycles. The standard InChI is InChI=1S/C10H7N5/c11-10-14-8-1-2-12-3-6-4-13-5-7(6)9(8)15-10/h1-5,11,13H. The highest BCUT2D eigenvalue weighted by Crippen LogP contribution is 2.22. The fourth-order valence-corrected chi connectivity index (χ4v) is 1.59. The highest BCUT2D eigenvalue weighted by atomic mass is 15.0. The number of nitrogens with one attached hydrogen (secondary N) is 2. The van der Waals surface area contributed by atoms with Crippen molar-refractivity contribution >= 4 is 10.8 Å². The minimum atomic E-state index is 0.0405. The zero-order chi connectivity index (χ0) is 10.3. The molecule has 0 saturated heterocycles. The zero-order valence-electron chi connectivity index (χ0n) is 7.73. The number of rotatable bonds is 0. The molecular formula is C10H7N5. The van der Waals surface area contributed by atoms with E-state index in [0.29, 0.717) is 5.69 Å². The van der Waals surface area contributed by atoms with Crippen LogP contribution in [0.25, 0.3) is 22.2 Å². The van der Waals surface area contributed by atoms with Crippen molar-refractivity contribution in [2.45, 2.75) is 0 Å². The Labute approximate surface area is 84.7 Å². The van der Waals surface area contributed by atoms with E-state index in [9.17, 15) is 0 Å². The SMILES string of the molecule is N=c1nc2ccncc3c[nH]cc3c-2n1. The first-order valence-corrected chi connectivity index (χ1v) is 4.48. The predicted molar refractivity (Wildman–Crippen MR) is 54.2 cm³/mol. The first-order chi connectivity index (χ1) is 7.34. The minimum absolute atomic E-state index is 0.0405. The van der Waals surface area contributed by atoms with Crippen LogP contribution in [-0.4, -0.2) is 19.9 Å². The number of nitrogens with zero attached hydrogens (tertiary/aromatic N) is 3. The summed E-state index contributed by atoms with van der Waals surface area (Å²) in [7, 11) is 0. The largest absolute Gasteiger partial charge is 0.366 e. The Morgan fingerprint density at radius 1 is 1.20 bits per heavy atom. The molecule has 1 aromatic heterocycles. The van der Waals surface area contributed by atoms with Crippen molar-refractivity contribution < 1.29 is 0 Å². The van der Waals surface area contributed by atoms with Crippen molar-refractivity contribution in [3.05, 3.63) is 36.5 Å². The highest BCUT2D eigenvalue weighted by Gasteiger charge is 2.09. The Kier molecular flexibility index (Phi) is 1.53. The highest BCUT2D eigenvalue weighted by molar-refractivity contribution is 5.92. The van der Waals surface area contributed by atoms with Gasteiger partial charge in [-0.2, -0.15) is 0 Å². The summed E-state index contributed by atoms with van der Waals surface area (Å²) in [5.74, 6) is 0. The number of hydrogen-bond acceptors (Lipinski definition) is 4. The third-order valence-electron chi connectivity index (χ3n) is 2.25. The van der Waals surface area contributed by atoms with E-state index < -0.39 is 0 Å². The van der Waals surface area contributed by atoms with E-state index in [1.165, 1.54) is 0 Å². The summed E-state index contributed by atoms with van der Waals surface area (Å²) in [5.41, 5.74) is 1.47. The van der Waals surface area contributed by atoms with Gasteiger partial charge >= 0.3 is 0 Å². The van der Waals surface area contributed by atoms with Gasteiger partial charge in [0, 0.05) is 35.6 Å². The smallest absolute Gasteiger partial charge is 0.243 e. The van der Waals surface area contributed by atoms with Crippen molar-refractivity contribution in [2.24, 2.45) is 0 Å². The second-order valence-corrected chi connectivity index (χ2v) is 3.20. The average molecular weight is 197 g/mol. The van der Waals surface area contributed by atoms with Crippen molar-refractivity contribution in [3.63, 3.8) is 0 Å². The molecule has 72 valence electrons.